The maximum atomic E-state index is 13.8. The van der Waals surface area contributed by atoms with Crippen molar-refractivity contribution in [1.82, 2.24) is 4.90 Å². The molecule has 0 unspecified atom stereocenters. The summed E-state index contributed by atoms with van der Waals surface area (Å²) in [7, 11) is 0. The van der Waals surface area contributed by atoms with Crippen LogP contribution in [-0.2, 0) is 16.1 Å². The average molecular weight is 448 g/mol. The third-order valence-electron chi connectivity index (χ3n) is 5.16. The van der Waals surface area contributed by atoms with Gasteiger partial charge in [-0.05, 0) is 41.8 Å². The quantitative estimate of drug-likeness (QED) is 0.485. The van der Waals surface area contributed by atoms with Crippen molar-refractivity contribution < 1.29 is 23.1 Å². The van der Waals surface area contributed by atoms with Crippen LogP contribution < -0.4 is 10.1 Å². The van der Waals surface area contributed by atoms with Crippen LogP contribution in [0.4, 0.5) is 14.5 Å². The Kier molecular flexibility index (Phi) is 6.49. The predicted molar refractivity (Wildman–Crippen MR) is 121 cm³/mol. The van der Waals surface area contributed by atoms with Gasteiger partial charge in [0.2, 0.25) is 0 Å². The summed E-state index contributed by atoms with van der Waals surface area (Å²) in [6.07, 6.45) is 0.858. The van der Waals surface area contributed by atoms with Crippen molar-refractivity contribution in [2.24, 2.45) is 0 Å². The van der Waals surface area contributed by atoms with Crippen LogP contribution >= 0.6 is 0 Å². The molecule has 0 saturated carbocycles. The Bertz CT molecular complexity index is 1210. The van der Waals surface area contributed by atoms with E-state index in [1.807, 2.05) is 37.3 Å². The van der Waals surface area contributed by atoms with E-state index >= 15 is 0 Å². The van der Waals surface area contributed by atoms with E-state index in [1.54, 1.807) is 24.3 Å². The maximum absolute atomic E-state index is 13.8. The van der Waals surface area contributed by atoms with Gasteiger partial charge in [-0.15, -0.1) is 0 Å². The van der Waals surface area contributed by atoms with Gasteiger partial charge >= 0.3 is 0 Å². The molecule has 0 saturated heterocycles. The number of nitrogens with one attached hydrogen (secondary N) is 1. The summed E-state index contributed by atoms with van der Waals surface area (Å²) >= 11 is 0. The number of carbonyl (C=O) groups excluding carboxylic acids is 2. The molecule has 0 atom stereocenters. The lowest BCUT2D eigenvalue weighted by Crippen LogP contribution is -2.32. The third-order valence-corrected chi connectivity index (χ3v) is 5.16. The van der Waals surface area contributed by atoms with Gasteiger partial charge in [-0.25, -0.2) is 8.78 Å². The fourth-order valence-corrected chi connectivity index (χ4v) is 3.53. The number of hydrogen-bond acceptors (Lipinski definition) is 4. The molecule has 0 bridgehead atoms. The van der Waals surface area contributed by atoms with E-state index in [4.69, 9.17) is 4.74 Å². The molecule has 5 nitrogen and oxygen atoms in total. The molecule has 168 valence electrons. The third kappa shape index (κ3) is 4.77. The lowest BCUT2D eigenvalue weighted by atomic mass is 10.0. The van der Waals surface area contributed by atoms with Crippen molar-refractivity contribution in [3.8, 4) is 5.75 Å². The standard InChI is InChI=1S/C26H22F2N2O3/c1-2-14-33-20-11-8-18(9-12-20)23-24(29-19-10-13-21(27)22(28)15-19)26(32)30(25(23)31)16-17-6-4-3-5-7-17/h3-13,15,29H,2,14,16H2,1H3. The molecule has 3 aromatic carbocycles. The molecule has 4 rings (SSSR count). The first-order valence-corrected chi connectivity index (χ1v) is 10.6. The van der Waals surface area contributed by atoms with Crippen LogP contribution in [-0.4, -0.2) is 23.3 Å². The number of anilines is 1. The summed E-state index contributed by atoms with van der Waals surface area (Å²) in [5.74, 6) is -2.44. The Labute approximate surface area is 190 Å². The van der Waals surface area contributed by atoms with Crippen LogP contribution in [0.2, 0.25) is 0 Å². The van der Waals surface area contributed by atoms with Crippen molar-refractivity contribution in [3.63, 3.8) is 0 Å². The summed E-state index contributed by atoms with van der Waals surface area (Å²) in [6, 6.07) is 19.2. The van der Waals surface area contributed by atoms with Crippen LogP contribution in [0.1, 0.15) is 24.5 Å². The number of benzene rings is 3. The second-order valence-corrected chi connectivity index (χ2v) is 7.56. The number of imide groups is 1. The summed E-state index contributed by atoms with van der Waals surface area (Å²) in [6.45, 7) is 2.65. The molecule has 33 heavy (non-hydrogen) atoms. The van der Waals surface area contributed by atoms with Gasteiger partial charge in [0.05, 0.1) is 18.7 Å². The molecular formula is C26H22F2N2O3. The van der Waals surface area contributed by atoms with Gasteiger partial charge in [-0.3, -0.25) is 14.5 Å². The van der Waals surface area contributed by atoms with E-state index in [2.05, 4.69) is 5.32 Å². The SMILES string of the molecule is CCCOc1ccc(C2=C(Nc3ccc(F)c(F)c3)C(=O)N(Cc3ccccc3)C2=O)cc1. The second-order valence-electron chi connectivity index (χ2n) is 7.56. The fraction of sp³-hybridized carbons (Fsp3) is 0.154. The Balaban J connectivity index is 1.71. The Morgan fingerprint density at radius 1 is 0.879 bits per heavy atom. The van der Waals surface area contributed by atoms with E-state index in [-0.39, 0.29) is 23.5 Å². The largest absolute Gasteiger partial charge is 0.494 e. The molecule has 1 aliphatic rings. The highest BCUT2D eigenvalue weighted by Gasteiger charge is 2.39. The highest BCUT2D eigenvalue weighted by molar-refractivity contribution is 6.36. The monoisotopic (exact) mass is 448 g/mol. The van der Waals surface area contributed by atoms with Crippen molar-refractivity contribution in [3.05, 3.63) is 101 Å². The molecule has 7 heteroatoms. The molecule has 0 radical (unpaired) electrons. The summed E-state index contributed by atoms with van der Waals surface area (Å²) in [5.41, 5.74) is 1.62. The van der Waals surface area contributed by atoms with Crippen molar-refractivity contribution in [2.45, 2.75) is 19.9 Å². The predicted octanol–water partition coefficient (Wildman–Crippen LogP) is 5.15. The fourth-order valence-electron chi connectivity index (χ4n) is 3.53. The topological polar surface area (TPSA) is 58.6 Å². The summed E-state index contributed by atoms with van der Waals surface area (Å²) < 4.78 is 32.7. The zero-order chi connectivity index (χ0) is 23.4. The molecule has 0 aromatic heterocycles. The Morgan fingerprint density at radius 3 is 2.27 bits per heavy atom. The van der Waals surface area contributed by atoms with Crippen LogP contribution in [0.5, 0.6) is 5.75 Å². The highest BCUT2D eigenvalue weighted by Crippen LogP contribution is 2.32. The summed E-state index contributed by atoms with van der Waals surface area (Å²) in [5, 5.41) is 2.83. The molecule has 1 heterocycles. The van der Waals surface area contributed by atoms with Gasteiger partial charge in [0.25, 0.3) is 11.8 Å². The first-order valence-electron chi connectivity index (χ1n) is 10.6. The Hall–Kier alpha value is -4.00. The maximum Gasteiger partial charge on any atom is 0.278 e. The number of carbonyl (C=O) groups is 2. The first kappa shape index (κ1) is 22.2. The normalized spacial score (nSPS) is 13.6. The van der Waals surface area contributed by atoms with E-state index in [9.17, 15) is 18.4 Å². The number of amides is 2. The minimum Gasteiger partial charge on any atom is -0.494 e. The van der Waals surface area contributed by atoms with Crippen molar-refractivity contribution in [2.75, 3.05) is 11.9 Å². The molecule has 2 amide bonds. The van der Waals surface area contributed by atoms with Gasteiger partial charge in [-0.2, -0.15) is 0 Å². The van der Waals surface area contributed by atoms with Gasteiger partial charge in [0.1, 0.15) is 11.4 Å². The van der Waals surface area contributed by atoms with Crippen LogP contribution in [0.15, 0.2) is 78.5 Å². The molecule has 1 N–H and O–H groups in total. The van der Waals surface area contributed by atoms with Crippen LogP contribution in [0.25, 0.3) is 5.57 Å². The number of ether oxygens (including phenoxy) is 1. The van der Waals surface area contributed by atoms with Crippen molar-refractivity contribution in [1.29, 1.82) is 0 Å². The minimum absolute atomic E-state index is 0.00386. The molecule has 0 aliphatic carbocycles. The zero-order valence-corrected chi connectivity index (χ0v) is 18.0. The highest BCUT2D eigenvalue weighted by atomic mass is 19.2. The molecule has 0 spiro atoms. The first-order chi connectivity index (χ1) is 16.0. The molecule has 3 aromatic rings. The zero-order valence-electron chi connectivity index (χ0n) is 18.0. The lowest BCUT2D eigenvalue weighted by Gasteiger charge is -2.15. The molecular weight excluding hydrogens is 426 g/mol. The second kappa shape index (κ2) is 9.65. The smallest absolute Gasteiger partial charge is 0.278 e. The van der Waals surface area contributed by atoms with E-state index in [0.29, 0.717) is 17.9 Å². The van der Waals surface area contributed by atoms with Gasteiger partial charge in [0.15, 0.2) is 11.6 Å². The molecule has 1 aliphatic heterocycles. The molecule has 0 fully saturated rings. The average Bonchev–Trinajstić information content (AvgIpc) is 3.05. The number of nitrogens with zero attached hydrogens (tertiary/aromatic N) is 1. The number of halogens is 2. The Morgan fingerprint density at radius 2 is 1.61 bits per heavy atom. The minimum atomic E-state index is -1.06. The van der Waals surface area contributed by atoms with E-state index in [1.165, 1.54) is 6.07 Å². The van der Waals surface area contributed by atoms with Crippen molar-refractivity contribution >= 4 is 23.1 Å². The van der Waals surface area contributed by atoms with Gasteiger partial charge < -0.3 is 10.1 Å². The van der Waals surface area contributed by atoms with E-state index < -0.39 is 23.4 Å². The number of hydrogen-bond donors (Lipinski definition) is 1. The lowest BCUT2D eigenvalue weighted by molar-refractivity contribution is -0.137. The summed E-state index contributed by atoms with van der Waals surface area (Å²) in [4.78, 5) is 27.7. The van der Waals surface area contributed by atoms with E-state index in [0.717, 1.165) is 29.0 Å². The van der Waals surface area contributed by atoms with Crippen LogP contribution in [0, 0.1) is 11.6 Å². The van der Waals surface area contributed by atoms with Crippen LogP contribution in [0.3, 0.4) is 0 Å². The van der Waals surface area contributed by atoms with Gasteiger partial charge in [-0.1, -0.05) is 49.4 Å². The number of rotatable bonds is 8. The van der Waals surface area contributed by atoms with Gasteiger partial charge in [0, 0.05) is 11.8 Å².